The predicted octanol–water partition coefficient (Wildman–Crippen LogP) is 2.04. The van der Waals surface area contributed by atoms with Crippen LogP contribution in [0, 0.1) is 0 Å². The number of fused-ring (bicyclic) bond motifs is 1. The molecule has 1 unspecified atom stereocenters. The summed E-state index contributed by atoms with van der Waals surface area (Å²) in [6, 6.07) is 12.5. The highest BCUT2D eigenvalue weighted by Gasteiger charge is 2.45. The molecule has 0 aliphatic carbocycles. The first-order valence-corrected chi connectivity index (χ1v) is 8.80. The number of carbonyl (C=O) groups is 4. The van der Waals surface area contributed by atoms with Gasteiger partial charge in [0, 0.05) is 5.69 Å². The van der Waals surface area contributed by atoms with Crippen LogP contribution in [0.4, 0.5) is 10.5 Å². The van der Waals surface area contributed by atoms with E-state index < -0.39 is 42.0 Å². The second-order valence-corrected chi connectivity index (χ2v) is 7.13. The van der Waals surface area contributed by atoms with Crippen molar-refractivity contribution in [3.8, 4) is 0 Å². The molecule has 2 aromatic rings. The van der Waals surface area contributed by atoms with Gasteiger partial charge in [-0.1, -0.05) is 30.3 Å². The van der Waals surface area contributed by atoms with Crippen molar-refractivity contribution in [2.75, 3.05) is 11.9 Å². The Kier molecular flexibility index (Phi) is 5.04. The maximum Gasteiger partial charge on any atom is 0.327 e. The number of rotatable bonds is 5. The molecule has 1 atom stereocenters. The molecule has 1 aliphatic heterocycles. The molecule has 0 aromatic heterocycles. The summed E-state index contributed by atoms with van der Waals surface area (Å²) < 4.78 is 5.07. The zero-order valence-electron chi connectivity index (χ0n) is 15.8. The summed E-state index contributed by atoms with van der Waals surface area (Å²) in [7, 11) is 0. The Morgan fingerprint density at radius 2 is 1.82 bits per heavy atom. The topological polar surface area (TPSA) is 105 Å². The first-order valence-electron chi connectivity index (χ1n) is 8.80. The van der Waals surface area contributed by atoms with Crippen molar-refractivity contribution in [2.24, 2.45) is 0 Å². The summed E-state index contributed by atoms with van der Waals surface area (Å²) in [5.74, 6) is -1.88. The molecule has 1 heterocycles. The molecule has 0 radical (unpaired) electrons. The van der Waals surface area contributed by atoms with Crippen molar-refractivity contribution in [1.29, 1.82) is 0 Å². The van der Waals surface area contributed by atoms with E-state index in [9.17, 15) is 19.2 Å². The number of ether oxygens (including phenoxy) is 1. The largest absolute Gasteiger partial charge is 0.451 e. The van der Waals surface area contributed by atoms with E-state index in [0.717, 1.165) is 15.7 Å². The number of hydrogen-bond donors (Lipinski definition) is 2. The third kappa shape index (κ3) is 3.95. The molecule has 3 rings (SSSR count). The fourth-order valence-electron chi connectivity index (χ4n) is 2.89. The molecule has 8 heteroatoms. The van der Waals surface area contributed by atoms with Gasteiger partial charge in [-0.2, -0.15) is 0 Å². The highest BCUT2D eigenvalue weighted by molar-refractivity contribution is 6.08. The number of esters is 1. The van der Waals surface area contributed by atoms with Crippen LogP contribution in [0.5, 0.6) is 0 Å². The van der Waals surface area contributed by atoms with Gasteiger partial charge >= 0.3 is 12.0 Å². The van der Waals surface area contributed by atoms with Gasteiger partial charge in [0.15, 0.2) is 6.10 Å². The van der Waals surface area contributed by atoms with Crippen LogP contribution in [0.25, 0.3) is 10.8 Å². The Morgan fingerprint density at radius 3 is 2.46 bits per heavy atom. The summed E-state index contributed by atoms with van der Waals surface area (Å²) >= 11 is 0. The number of anilines is 1. The lowest BCUT2D eigenvalue weighted by Gasteiger charge is -2.17. The lowest BCUT2D eigenvalue weighted by atomic mass is 10.1. The predicted molar refractivity (Wildman–Crippen MR) is 102 cm³/mol. The number of hydrogen-bond acceptors (Lipinski definition) is 5. The van der Waals surface area contributed by atoms with Crippen LogP contribution in [0.1, 0.15) is 20.8 Å². The first-order chi connectivity index (χ1) is 13.2. The van der Waals surface area contributed by atoms with E-state index in [1.165, 1.54) is 20.8 Å². The average Bonchev–Trinajstić information content (AvgIpc) is 2.83. The van der Waals surface area contributed by atoms with Gasteiger partial charge < -0.3 is 15.4 Å². The van der Waals surface area contributed by atoms with Crippen LogP contribution in [-0.4, -0.2) is 46.9 Å². The second kappa shape index (κ2) is 7.30. The molecule has 0 bridgehead atoms. The van der Waals surface area contributed by atoms with E-state index in [4.69, 9.17) is 4.74 Å². The van der Waals surface area contributed by atoms with E-state index in [2.05, 4.69) is 10.6 Å². The molecule has 2 aromatic carbocycles. The molecule has 28 heavy (non-hydrogen) atoms. The molecule has 0 spiro atoms. The lowest BCUT2D eigenvalue weighted by Crippen LogP contribution is -2.42. The molecule has 4 amide bonds. The summed E-state index contributed by atoms with van der Waals surface area (Å²) in [5, 5.41) is 7.16. The number of nitrogens with one attached hydrogen (secondary N) is 2. The third-order valence-electron chi connectivity index (χ3n) is 4.43. The summed E-state index contributed by atoms with van der Waals surface area (Å²) in [5.41, 5.74) is -0.501. The summed E-state index contributed by atoms with van der Waals surface area (Å²) in [6.45, 7) is 3.95. The van der Waals surface area contributed by atoms with Crippen molar-refractivity contribution in [1.82, 2.24) is 10.2 Å². The molecule has 1 saturated heterocycles. The van der Waals surface area contributed by atoms with E-state index in [0.29, 0.717) is 5.69 Å². The Labute approximate surface area is 161 Å². The molecule has 0 saturated carbocycles. The second-order valence-electron chi connectivity index (χ2n) is 7.13. The Bertz CT molecular complexity index is 969. The Hall–Kier alpha value is -3.42. The summed E-state index contributed by atoms with van der Waals surface area (Å²) in [4.78, 5) is 49.1. The van der Waals surface area contributed by atoms with Crippen LogP contribution in [0.3, 0.4) is 0 Å². The van der Waals surface area contributed by atoms with Gasteiger partial charge in [0.1, 0.15) is 12.1 Å². The highest BCUT2D eigenvalue weighted by atomic mass is 16.5. The van der Waals surface area contributed by atoms with Crippen molar-refractivity contribution in [3.05, 3.63) is 42.5 Å². The number of amides is 4. The van der Waals surface area contributed by atoms with Gasteiger partial charge in [-0.3, -0.25) is 19.3 Å². The minimum absolute atomic E-state index is 0.513. The van der Waals surface area contributed by atoms with Crippen molar-refractivity contribution in [2.45, 2.75) is 32.4 Å². The van der Waals surface area contributed by atoms with Crippen molar-refractivity contribution >= 4 is 40.3 Å². The Balaban J connectivity index is 1.58. The van der Waals surface area contributed by atoms with Gasteiger partial charge in [-0.05, 0) is 43.7 Å². The van der Waals surface area contributed by atoms with Gasteiger partial charge in [-0.15, -0.1) is 0 Å². The van der Waals surface area contributed by atoms with Gasteiger partial charge in [-0.25, -0.2) is 4.79 Å². The van der Waals surface area contributed by atoms with Gasteiger partial charge in [0.25, 0.3) is 11.8 Å². The van der Waals surface area contributed by atoms with E-state index >= 15 is 0 Å². The molecule has 2 N–H and O–H groups in total. The van der Waals surface area contributed by atoms with Crippen molar-refractivity contribution in [3.63, 3.8) is 0 Å². The minimum atomic E-state index is -1.09. The number of carbonyl (C=O) groups excluding carboxylic acids is 4. The summed E-state index contributed by atoms with van der Waals surface area (Å²) in [6.07, 6.45) is -1.09. The fraction of sp³-hybridized carbons (Fsp3) is 0.300. The number of benzene rings is 2. The highest BCUT2D eigenvalue weighted by Crippen LogP contribution is 2.19. The van der Waals surface area contributed by atoms with Crippen molar-refractivity contribution < 1.29 is 23.9 Å². The minimum Gasteiger partial charge on any atom is -0.451 e. The first kappa shape index (κ1) is 19.3. The van der Waals surface area contributed by atoms with Gasteiger partial charge in [0.05, 0.1) is 0 Å². The van der Waals surface area contributed by atoms with E-state index in [1.54, 1.807) is 6.07 Å². The third-order valence-corrected chi connectivity index (χ3v) is 4.43. The standard InChI is InChI=1S/C20H21N3O5/c1-12(28-16(24)11-23-18(26)20(2,3)22-19(23)27)17(25)21-15-9-8-13-6-4-5-7-14(13)10-15/h4-10,12H,11H2,1-3H3,(H,21,25)(H,22,27). The van der Waals surface area contributed by atoms with Crippen LogP contribution in [0.2, 0.25) is 0 Å². The van der Waals surface area contributed by atoms with Crippen LogP contribution < -0.4 is 10.6 Å². The zero-order chi connectivity index (χ0) is 20.5. The number of nitrogens with zero attached hydrogens (tertiary/aromatic N) is 1. The SMILES string of the molecule is CC(OC(=O)CN1C(=O)NC(C)(C)C1=O)C(=O)Nc1ccc2ccccc2c1. The maximum absolute atomic E-state index is 12.3. The van der Waals surface area contributed by atoms with E-state index in [-0.39, 0.29) is 0 Å². The number of urea groups is 1. The smallest absolute Gasteiger partial charge is 0.327 e. The molecular weight excluding hydrogens is 362 g/mol. The molecule has 146 valence electrons. The lowest BCUT2D eigenvalue weighted by molar-refractivity contribution is -0.155. The fourth-order valence-corrected chi connectivity index (χ4v) is 2.89. The zero-order valence-corrected chi connectivity index (χ0v) is 15.8. The molecule has 1 fully saturated rings. The molecule has 1 aliphatic rings. The van der Waals surface area contributed by atoms with Crippen LogP contribution >= 0.6 is 0 Å². The Morgan fingerprint density at radius 1 is 1.14 bits per heavy atom. The van der Waals surface area contributed by atoms with Crippen LogP contribution in [-0.2, 0) is 19.1 Å². The quantitative estimate of drug-likeness (QED) is 0.607. The normalized spacial score (nSPS) is 16.6. The number of imide groups is 1. The monoisotopic (exact) mass is 383 g/mol. The van der Waals surface area contributed by atoms with Gasteiger partial charge in [0.2, 0.25) is 0 Å². The average molecular weight is 383 g/mol. The maximum atomic E-state index is 12.3. The van der Waals surface area contributed by atoms with E-state index in [1.807, 2.05) is 36.4 Å². The molecular formula is C20H21N3O5. The van der Waals surface area contributed by atoms with Crippen LogP contribution in [0.15, 0.2) is 42.5 Å². The molecule has 8 nitrogen and oxygen atoms in total.